The average Bonchev–Trinajstić information content (AvgIpc) is 2.26. The number of rotatable bonds is 4. The Morgan fingerprint density at radius 1 is 1.53 bits per heavy atom. The summed E-state index contributed by atoms with van der Waals surface area (Å²) in [5.74, 6) is -0.239. The zero-order valence-electron chi connectivity index (χ0n) is 8.94. The maximum atomic E-state index is 11.6. The lowest BCUT2D eigenvalue weighted by Crippen LogP contribution is -2.42. The molecule has 1 saturated heterocycles. The standard InChI is InChI=1S/C10H17NO3S/c1-15-6-4-9(12)11-5-2-3-8(7-11)10(13)14/h8H,2-7H2,1H3,(H,13,14). The van der Waals surface area contributed by atoms with Crippen molar-refractivity contribution in [2.45, 2.75) is 19.3 Å². The van der Waals surface area contributed by atoms with E-state index in [2.05, 4.69) is 0 Å². The highest BCUT2D eigenvalue weighted by atomic mass is 32.2. The molecule has 0 radical (unpaired) electrons. The molecule has 0 aromatic heterocycles. The SMILES string of the molecule is CSCCC(=O)N1CCCC(C(=O)O)C1. The number of amides is 1. The lowest BCUT2D eigenvalue weighted by atomic mass is 9.98. The first-order chi connectivity index (χ1) is 7.15. The Labute approximate surface area is 94.0 Å². The Morgan fingerprint density at radius 2 is 2.27 bits per heavy atom. The number of carboxylic acid groups (broad SMARTS) is 1. The number of aliphatic carboxylic acids is 1. The van der Waals surface area contributed by atoms with E-state index < -0.39 is 5.97 Å². The number of hydrogen-bond acceptors (Lipinski definition) is 3. The van der Waals surface area contributed by atoms with Crippen LogP contribution in [0.2, 0.25) is 0 Å². The molecule has 0 aliphatic carbocycles. The van der Waals surface area contributed by atoms with Gasteiger partial charge in [0.25, 0.3) is 0 Å². The van der Waals surface area contributed by atoms with Crippen LogP contribution >= 0.6 is 11.8 Å². The van der Waals surface area contributed by atoms with Gasteiger partial charge in [-0.1, -0.05) is 0 Å². The molecule has 86 valence electrons. The Kier molecular flexibility index (Phi) is 4.94. The second-order valence-electron chi connectivity index (χ2n) is 3.76. The third-order valence-electron chi connectivity index (χ3n) is 2.64. The third kappa shape index (κ3) is 3.74. The quantitative estimate of drug-likeness (QED) is 0.786. The van der Waals surface area contributed by atoms with Crippen molar-refractivity contribution in [2.24, 2.45) is 5.92 Å². The maximum absolute atomic E-state index is 11.6. The molecule has 15 heavy (non-hydrogen) atoms. The van der Waals surface area contributed by atoms with E-state index in [0.717, 1.165) is 18.7 Å². The molecule has 1 atom stereocenters. The number of carbonyl (C=O) groups is 2. The van der Waals surface area contributed by atoms with Crippen LogP contribution in [-0.2, 0) is 9.59 Å². The van der Waals surface area contributed by atoms with Gasteiger partial charge < -0.3 is 10.0 Å². The van der Waals surface area contributed by atoms with Crippen molar-refractivity contribution in [1.29, 1.82) is 0 Å². The number of hydrogen-bond donors (Lipinski definition) is 1. The van der Waals surface area contributed by atoms with Gasteiger partial charge in [0.15, 0.2) is 0 Å². The summed E-state index contributed by atoms with van der Waals surface area (Å²) in [5.41, 5.74) is 0. The van der Waals surface area contributed by atoms with Crippen LogP contribution in [0.15, 0.2) is 0 Å². The molecule has 1 N–H and O–H groups in total. The highest BCUT2D eigenvalue weighted by molar-refractivity contribution is 7.98. The summed E-state index contributed by atoms with van der Waals surface area (Å²) in [6.07, 6.45) is 3.99. The van der Waals surface area contributed by atoms with E-state index in [1.807, 2.05) is 6.26 Å². The summed E-state index contributed by atoms with van der Waals surface area (Å²) in [7, 11) is 0. The largest absolute Gasteiger partial charge is 0.481 e. The van der Waals surface area contributed by atoms with Gasteiger partial charge in [-0.25, -0.2) is 0 Å². The van der Waals surface area contributed by atoms with Crippen LogP contribution in [0, 0.1) is 5.92 Å². The fraction of sp³-hybridized carbons (Fsp3) is 0.800. The van der Waals surface area contributed by atoms with Gasteiger partial charge >= 0.3 is 5.97 Å². The van der Waals surface area contributed by atoms with Gasteiger partial charge in [0.1, 0.15) is 0 Å². The highest BCUT2D eigenvalue weighted by Crippen LogP contribution is 2.17. The van der Waals surface area contributed by atoms with E-state index in [1.165, 1.54) is 0 Å². The Balaban J connectivity index is 2.41. The van der Waals surface area contributed by atoms with E-state index in [9.17, 15) is 9.59 Å². The van der Waals surface area contributed by atoms with Crippen LogP contribution < -0.4 is 0 Å². The van der Waals surface area contributed by atoms with Crippen molar-refractivity contribution in [2.75, 3.05) is 25.1 Å². The van der Waals surface area contributed by atoms with Crippen molar-refractivity contribution >= 4 is 23.6 Å². The minimum absolute atomic E-state index is 0.0929. The molecule has 5 heteroatoms. The number of piperidine rings is 1. The minimum atomic E-state index is -0.780. The number of thioether (sulfide) groups is 1. The minimum Gasteiger partial charge on any atom is -0.481 e. The van der Waals surface area contributed by atoms with Gasteiger partial charge in [0, 0.05) is 25.3 Å². The summed E-state index contributed by atoms with van der Waals surface area (Å²) < 4.78 is 0. The van der Waals surface area contributed by atoms with Crippen LogP contribution in [0.25, 0.3) is 0 Å². The molecule has 0 bridgehead atoms. The molecule has 1 amide bonds. The van der Waals surface area contributed by atoms with E-state index in [-0.39, 0.29) is 11.8 Å². The smallest absolute Gasteiger partial charge is 0.308 e. The fourth-order valence-corrected chi connectivity index (χ4v) is 2.13. The highest BCUT2D eigenvalue weighted by Gasteiger charge is 2.27. The van der Waals surface area contributed by atoms with Gasteiger partial charge in [-0.15, -0.1) is 0 Å². The monoisotopic (exact) mass is 231 g/mol. The molecule has 4 nitrogen and oxygen atoms in total. The van der Waals surface area contributed by atoms with E-state index in [1.54, 1.807) is 16.7 Å². The number of likely N-dealkylation sites (tertiary alicyclic amines) is 1. The molecule has 1 aliphatic heterocycles. The van der Waals surface area contributed by atoms with Gasteiger partial charge in [-0.3, -0.25) is 9.59 Å². The second-order valence-corrected chi connectivity index (χ2v) is 4.75. The average molecular weight is 231 g/mol. The Morgan fingerprint density at radius 3 is 2.87 bits per heavy atom. The summed E-state index contributed by atoms with van der Waals surface area (Å²) in [4.78, 5) is 24.1. The van der Waals surface area contributed by atoms with Crippen LogP contribution in [-0.4, -0.2) is 47.0 Å². The zero-order chi connectivity index (χ0) is 11.3. The Hall–Kier alpha value is -0.710. The molecule has 0 aromatic carbocycles. The molecule has 1 fully saturated rings. The molecule has 0 saturated carbocycles. The van der Waals surface area contributed by atoms with Crippen LogP contribution in [0.5, 0.6) is 0 Å². The first-order valence-electron chi connectivity index (χ1n) is 5.14. The van der Waals surface area contributed by atoms with Crippen molar-refractivity contribution in [3.05, 3.63) is 0 Å². The van der Waals surface area contributed by atoms with E-state index in [0.29, 0.717) is 19.4 Å². The number of nitrogens with zero attached hydrogens (tertiary/aromatic N) is 1. The maximum Gasteiger partial charge on any atom is 0.308 e. The van der Waals surface area contributed by atoms with E-state index >= 15 is 0 Å². The summed E-state index contributed by atoms with van der Waals surface area (Å²) in [6.45, 7) is 1.11. The molecule has 1 unspecified atom stereocenters. The number of carbonyl (C=O) groups excluding carboxylic acids is 1. The van der Waals surface area contributed by atoms with Crippen LogP contribution in [0.1, 0.15) is 19.3 Å². The topological polar surface area (TPSA) is 57.6 Å². The first kappa shape index (κ1) is 12.4. The molecule has 1 rings (SSSR count). The third-order valence-corrected chi connectivity index (χ3v) is 3.26. The molecule has 0 aromatic rings. The molecular formula is C10H17NO3S. The predicted octanol–water partition coefficient (Wildman–Crippen LogP) is 1.06. The first-order valence-corrected chi connectivity index (χ1v) is 6.54. The van der Waals surface area contributed by atoms with Gasteiger partial charge in [0.2, 0.25) is 5.91 Å². The molecule has 0 spiro atoms. The fourth-order valence-electron chi connectivity index (χ4n) is 1.75. The lowest BCUT2D eigenvalue weighted by Gasteiger charge is -2.30. The summed E-state index contributed by atoms with van der Waals surface area (Å²) in [5, 5.41) is 8.87. The van der Waals surface area contributed by atoms with Crippen molar-refractivity contribution in [1.82, 2.24) is 4.90 Å². The zero-order valence-corrected chi connectivity index (χ0v) is 9.76. The second kappa shape index (κ2) is 6.00. The number of carboxylic acids is 1. The van der Waals surface area contributed by atoms with Crippen LogP contribution in [0.3, 0.4) is 0 Å². The Bertz CT molecular complexity index is 245. The normalized spacial score (nSPS) is 21.4. The van der Waals surface area contributed by atoms with Crippen molar-refractivity contribution in [3.63, 3.8) is 0 Å². The van der Waals surface area contributed by atoms with E-state index in [4.69, 9.17) is 5.11 Å². The van der Waals surface area contributed by atoms with Gasteiger partial charge in [0.05, 0.1) is 5.92 Å². The van der Waals surface area contributed by atoms with Gasteiger partial charge in [-0.05, 0) is 19.1 Å². The van der Waals surface area contributed by atoms with Gasteiger partial charge in [-0.2, -0.15) is 11.8 Å². The molecular weight excluding hydrogens is 214 g/mol. The van der Waals surface area contributed by atoms with Crippen molar-refractivity contribution < 1.29 is 14.7 Å². The summed E-state index contributed by atoms with van der Waals surface area (Å²) in [6, 6.07) is 0. The molecule has 1 aliphatic rings. The van der Waals surface area contributed by atoms with Crippen LogP contribution in [0.4, 0.5) is 0 Å². The molecule has 1 heterocycles. The predicted molar refractivity (Wildman–Crippen MR) is 59.9 cm³/mol. The summed E-state index contributed by atoms with van der Waals surface area (Å²) >= 11 is 1.64. The lowest BCUT2D eigenvalue weighted by molar-refractivity contribution is -0.145. The van der Waals surface area contributed by atoms with Crippen molar-refractivity contribution in [3.8, 4) is 0 Å².